The van der Waals surface area contributed by atoms with Crippen LogP contribution in [0.1, 0.15) is 39.5 Å². The number of fused-ring (bicyclic) bond motifs is 1. The zero-order valence-electron chi connectivity index (χ0n) is 14.3. The molecule has 1 atom stereocenters. The van der Waals surface area contributed by atoms with Gasteiger partial charge in [-0.25, -0.2) is 0 Å². The SMILES string of the molecule is COC1=CC(=N[C@H](C)c2ccco2)C=C2C(C)=CC(C)(C)N=C12. The number of furan rings is 1. The molecule has 4 heteroatoms. The molecular weight excluding hydrogens is 288 g/mol. The van der Waals surface area contributed by atoms with Crippen molar-refractivity contribution in [1.29, 1.82) is 0 Å². The Hall–Kier alpha value is -2.36. The molecular formula is C19H22N2O2. The second kappa shape index (κ2) is 5.69. The molecule has 0 spiro atoms. The Morgan fingerprint density at radius 3 is 2.74 bits per heavy atom. The van der Waals surface area contributed by atoms with Crippen molar-refractivity contribution in [3.8, 4) is 0 Å². The maximum Gasteiger partial charge on any atom is 0.146 e. The van der Waals surface area contributed by atoms with E-state index < -0.39 is 0 Å². The first kappa shape index (κ1) is 15.5. The molecule has 0 aromatic carbocycles. The number of hydrogen-bond acceptors (Lipinski definition) is 4. The molecule has 0 fully saturated rings. The van der Waals surface area contributed by atoms with Crippen LogP contribution in [0.2, 0.25) is 0 Å². The van der Waals surface area contributed by atoms with Gasteiger partial charge in [0.1, 0.15) is 23.3 Å². The number of dihydropyridines is 1. The highest BCUT2D eigenvalue weighted by atomic mass is 16.5. The van der Waals surface area contributed by atoms with E-state index in [1.54, 1.807) is 13.4 Å². The first-order valence-corrected chi connectivity index (χ1v) is 7.78. The summed E-state index contributed by atoms with van der Waals surface area (Å²) in [6.45, 7) is 8.31. The van der Waals surface area contributed by atoms with Gasteiger partial charge in [0, 0.05) is 11.6 Å². The molecule has 0 amide bonds. The molecule has 120 valence electrons. The van der Waals surface area contributed by atoms with E-state index in [1.165, 1.54) is 5.57 Å². The van der Waals surface area contributed by atoms with Gasteiger partial charge in [0.05, 0.1) is 24.6 Å². The summed E-state index contributed by atoms with van der Waals surface area (Å²) in [5.41, 5.74) is 3.83. The minimum atomic E-state index is -0.218. The van der Waals surface area contributed by atoms with Gasteiger partial charge in [0.15, 0.2) is 0 Å². The van der Waals surface area contributed by atoms with E-state index in [2.05, 4.69) is 32.9 Å². The number of hydrogen-bond donors (Lipinski definition) is 0. The molecule has 1 aromatic heterocycles. The summed E-state index contributed by atoms with van der Waals surface area (Å²) in [6.07, 6.45) is 7.86. The summed E-state index contributed by atoms with van der Waals surface area (Å²) >= 11 is 0. The average molecular weight is 310 g/mol. The first-order chi connectivity index (χ1) is 10.9. The molecule has 1 aromatic rings. The zero-order chi connectivity index (χ0) is 16.6. The quantitative estimate of drug-likeness (QED) is 0.775. The van der Waals surface area contributed by atoms with Crippen molar-refractivity contribution in [1.82, 2.24) is 0 Å². The van der Waals surface area contributed by atoms with Crippen LogP contribution in [0.25, 0.3) is 0 Å². The molecule has 1 aliphatic heterocycles. The largest absolute Gasteiger partial charge is 0.494 e. The second-order valence-electron chi connectivity index (χ2n) is 6.46. The van der Waals surface area contributed by atoms with E-state index in [0.717, 1.165) is 28.5 Å². The average Bonchev–Trinajstić information content (AvgIpc) is 3.00. The Morgan fingerprint density at radius 2 is 2.09 bits per heavy atom. The van der Waals surface area contributed by atoms with Crippen LogP contribution in [0.3, 0.4) is 0 Å². The van der Waals surface area contributed by atoms with Crippen molar-refractivity contribution < 1.29 is 9.15 Å². The predicted molar refractivity (Wildman–Crippen MR) is 93.0 cm³/mol. The number of methoxy groups -OCH3 is 1. The second-order valence-corrected chi connectivity index (χ2v) is 6.46. The van der Waals surface area contributed by atoms with Crippen LogP contribution in [0.4, 0.5) is 0 Å². The van der Waals surface area contributed by atoms with Crippen LogP contribution in [-0.4, -0.2) is 24.1 Å². The molecule has 0 saturated heterocycles. The summed E-state index contributed by atoms with van der Waals surface area (Å²) < 4.78 is 11.0. The number of nitrogens with zero attached hydrogens (tertiary/aromatic N) is 2. The van der Waals surface area contributed by atoms with Crippen LogP contribution < -0.4 is 0 Å². The molecule has 2 aliphatic rings. The smallest absolute Gasteiger partial charge is 0.146 e. The van der Waals surface area contributed by atoms with Gasteiger partial charge in [0.25, 0.3) is 0 Å². The normalized spacial score (nSPS) is 22.6. The lowest BCUT2D eigenvalue weighted by Crippen LogP contribution is -2.27. The molecule has 0 saturated carbocycles. The third-order valence-electron chi connectivity index (χ3n) is 3.97. The van der Waals surface area contributed by atoms with Gasteiger partial charge < -0.3 is 9.15 Å². The molecule has 0 N–H and O–H groups in total. The Kier molecular flexibility index (Phi) is 3.84. The monoisotopic (exact) mass is 310 g/mol. The fourth-order valence-corrected chi connectivity index (χ4v) is 2.98. The van der Waals surface area contributed by atoms with Gasteiger partial charge in [-0.1, -0.05) is 6.08 Å². The van der Waals surface area contributed by atoms with E-state index in [0.29, 0.717) is 0 Å². The summed E-state index contributed by atoms with van der Waals surface area (Å²) in [6, 6.07) is 3.77. The van der Waals surface area contributed by atoms with Crippen LogP contribution in [0, 0.1) is 0 Å². The lowest BCUT2D eigenvalue weighted by Gasteiger charge is -2.29. The van der Waals surface area contributed by atoms with Gasteiger partial charge in [-0.15, -0.1) is 0 Å². The first-order valence-electron chi connectivity index (χ1n) is 7.78. The van der Waals surface area contributed by atoms with E-state index in [9.17, 15) is 0 Å². The van der Waals surface area contributed by atoms with Crippen LogP contribution in [0.15, 0.2) is 67.9 Å². The van der Waals surface area contributed by atoms with E-state index >= 15 is 0 Å². The van der Waals surface area contributed by atoms with Crippen molar-refractivity contribution in [2.75, 3.05) is 7.11 Å². The van der Waals surface area contributed by atoms with Crippen molar-refractivity contribution in [2.24, 2.45) is 9.98 Å². The number of ether oxygens (including phenoxy) is 1. The van der Waals surface area contributed by atoms with E-state index in [-0.39, 0.29) is 11.6 Å². The van der Waals surface area contributed by atoms with Gasteiger partial charge in [-0.05, 0) is 51.5 Å². The highest BCUT2D eigenvalue weighted by Gasteiger charge is 2.29. The molecule has 2 heterocycles. The minimum absolute atomic E-state index is 0.0472. The summed E-state index contributed by atoms with van der Waals surface area (Å²) in [4.78, 5) is 9.55. The van der Waals surface area contributed by atoms with Gasteiger partial charge >= 0.3 is 0 Å². The fraction of sp³-hybridized carbons (Fsp3) is 0.368. The Balaban J connectivity index is 2.01. The highest BCUT2D eigenvalue weighted by Crippen LogP contribution is 2.32. The standard InChI is InChI=1S/C19H22N2O2/c1-12-11-19(3,4)21-18-15(12)9-14(10-17(18)22-5)20-13(2)16-7-6-8-23-16/h6-11,13H,1-5H3/t13-/m1/s1. The molecule has 1 aliphatic carbocycles. The van der Waals surface area contributed by atoms with E-state index in [1.807, 2.05) is 25.1 Å². The lowest BCUT2D eigenvalue weighted by atomic mass is 9.87. The van der Waals surface area contributed by atoms with Gasteiger partial charge in [-0.2, -0.15) is 0 Å². The topological polar surface area (TPSA) is 47.1 Å². The molecule has 3 rings (SSSR count). The predicted octanol–water partition coefficient (Wildman–Crippen LogP) is 4.43. The maximum atomic E-state index is 5.56. The summed E-state index contributed by atoms with van der Waals surface area (Å²) in [7, 11) is 1.67. The van der Waals surface area contributed by atoms with Gasteiger partial charge in [-0.3, -0.25) is 9.98 Å². The Labute approximate surface area is 137 Å². The third-order valence-corrected chi connectivity index (χ3v) is 3.97. The Bertz CT molecular complexity index is 759. The van der Waals surface area contributed by atoms with Crippen molar-refractivity contribution in [2.45, 2.75) is 39.3 Å². The number of aliphatic imine (C=N–C) groups is 2. The summed E-state index contributed by atoms with van der Waals surface area (Å²) in [5.74, 6) is 1.60. The van der Waals surface area contributed by atoms with Crippen molar-refractivity contribution in [3.63, 3.8) is 0 Å². The lowest BCUT2D eigenvalue weighted by molar-refractivity contribution is 0.314. The Morgan fingerprint density at radius 1 is 1.30 bits per heavy atom. The summed E-state index contributed by atoms with van der Waals surface area (Å²) in [5, 5.41) is 0. The number of allylic oxidation sites excluding steroid dienone is 4. The van der Waals surface area contributed by atoms with Crippen LogP contribution >= 0.6 is 0 Å². The molecule has 0 unspecified atom stereocenters. The van der Waals surface area contributed by atoms with E-state index in [4.69, 9.17) is 19.1 Å². The molecule has 0 bridgehead atoms. The minimum Gasteiger partial charge on any atom is -0.494 e. The van der Waals surface area contributed by atoms with Crippen molar-refractivity contribution >= 4 is 11.4 Å². The van der Waals surface area contributed by atoms with Crippen molar-refractivity contribution in [3.05, 3.63) is 59.3 Å². The molecule has 0 radical (unpaired) electrons. The molecule has 23 heavy (non-hydrogen) atoms. The zero-order valence-corrected chi connectivity index (χ0v) is 14.3. The molecule has 4 nitrogen and oxygen atoms in total. The van der Waals surface area contributed by atoms with Crippen LogP contribution in [-0.2, 0) is 4.74 Å². The highest BCUT2D eigenvalue weighted by molar-refractivity contribution is 6.25. The maximum absolute atomic E-state index is 5.56. The van der Waals surface area contributed by atoms with Gasteiger partial charge in [0.2, 0.25) is 0 Å². The number of rotatable bonds is 3. The van der Waals surface area contributed by atoms with Crippen LogP contribution in [0.5, 0.6) is 0 Å². The fourth-order valence-electron chi connectivity index (χ4n) is 2.98. The third kappa shape index (κ3) is 3.07.